The molecule has 22 heavy (non-hydrogen) atoms. The van der Waals surface area contributed by atoms with Crippen LogP contribution in [0.2, 0.25) is 0 Å². The Morgan fingerprint density at radius 3 is 3.00 bits per heavy atom. The molecule has 1 aliphatic carbocycles. The van der Waals surface area contributed by atoms with Gasteiger partial charge in [-0.1, -0.05) is 13.8 Å². The van der Waals surface area contributed by atoms with Gasteiger partial charge in [0.15, 0.2) is 0 Å². The summed E-state index contributed by atoms with van der Waals surface area (Å²) in [6, 6.07) is 0. The Balaban J connectivity index is 1.60. The predicted molar refractivity (Wildman–Crippen MR) is 84.5 cm³/mol. The average molecular weight is 305 g/mol. The molecule has 0 saturated heterocycles. The molecule has 0 aromatic carbocycles. The second-order valence-corrected chi connectivity index (χ2v) is 7.00. The van der Waals surface area contributed by atoms with Crippen LogP contribution < -0.4 is 5.32 Å². The summed E-state index contributed by atoms with van der Waals surface area (Å²) in [5.41, 5.74) is 3.74. The van der Waals surface area contributed by atoms with Crippen molar-refractivity contribution >= 4 is 5.91 Å². The third-order valence-corrected chi connectivity index (χ3v) is 4.38. The lowest BCUT2D eigenvalue weighted by molar-refractivity contribution is -0.121. The molecular weight excluding hydrogens is 278 g/mol. The second-order valence-electron chi connectivity index (χ2n) is 7.00. The Kier molecular flexibility index (Phi) is 4.81. The van der Waals surface area contributed by atoms with Crippen LogP contribution in [0.15, 0.2) is 0 Å². The van der Waals surface area contributed by atoms with Crippen molar-refractivity contribution in [2.75, 3.05) is 13.2 Å². The molecule has 1 fully saturated rings. The van der Waals surface area contributed by atoms with E-state index in [2.05, 4.69) is 23.8 Å². The van der Waals surface area contributed by atoms with Crippen LogP contribution in [0.3, 0.4) is 0 Å². The molecule has 0 radical (unpaired) electrons. The number of carbonyl (C=O) groups excluding carboxylic acids is 1. The van der Waals surface area contributed by atoms with Gasteiger partial charge in [0.1, 0.15) is 0 Å². The third-order valence-electron chi connectivity index (χ3n) is 4.38. The minimum atomic E-state index is 0.137. The quantitative estimate of drug-likeness (QED) is 0.839. The highest BCUT2D eigenvalue weighted by atomic mass is 16.5. The largest absolute Gasteiger partial charge is 0.376 e. The number of hydrogen-bond donors (Lipinski definition) is 1. The molecule has 0 spiro atoms. The monoisotopic (exact) mass is 305 g/mol. The molecule has 0 atom stereocenters. The first kappa shape index (κ1) is 15.5. The Hall–Kier alpha value is -1.36. The number of hydrogen-bond acceptors (Lipinski definition) is 3. The molecule has 5 heteroatoms. The summed E-state index contributed by atoms with van der Waals surface area (Å²) in [6.45, 7) is 7.32. The van der Waals surface area contributed by atoms with Crippen LogP contribution in [0.1, 0.15) is 50.1 Å². The van der Waals surface area contributed by atoms with Gasteiger partial charge in [0, 0.05) is 43.6 Å². The molecule has 1 saturated carbocycles. The fraction of sp³-hybridized carbons (Fsp3) is 0.765. The number of fused-ring (bicyclic) bond motifs is 1. The molecule has 0 bridgehead atoms. The Morgan fingerprint density at radius 1 is 1.45 bits per heavy atom. The number of aromatic nitrogens is 2. The Morgan fingerprint density at radius 2 is 2.27 bits per heavy atom. The van der Waals surface area contributed by atoms with E-state index in [1.807, 2.05) is 0 Å². The van der Waals surface area contributed by atoms with Crippen molar-refractivity contribution in [2.45, 2.75) is 59.1 Å². The highest BCUT2D eigenvalue weighted by Crippen LogP contribution is 2.32. The van der Waals surface area contributed by atoms with Gasteiger partial charge in [-0.15, -0.1) is 0 Å². The van der Waals surface area contributed by atoms with Crippen molar-refractivity contribution in [1.82, 2.24) is 15.1 Å². The summed E-state index contributed by atoms with van der Waals surface area (Å²) < 4.78 is 7.82. The summed E-state index contributed by atoms with van der Waals surface area (Å²) >= 11 is 0. The molecule has 1 aliphatic heterocycles. The molecule has 5 nitrogen and oxygen atoms in total. The number of nitrogens with one attached hydrogen (secondary N) is 1. The molecule has 2 aliphatic rings. The van der Waals surface area contributed by atoms with E-state index in [1.54, 1.807) is 0 Å². The summed E-state index contributed by atoms with van der Waals surface area (Å²) in [4.78, 5) is 11.7. The lowest BCUT2D eigenvalue weighted by atomic mass is 10.1. The molecule has 3 rings (SSSR count). The Bertz CT molecular complexity index is 532. The lowest BCUT2D eigenvalue weighted by Crippen LogP contribution is -2.27. The topological polar surface area (TPSA) is 56.2 Å². The van der Waals surface area contributed by atoms with Crippen LogP contribution in [-0.2, 0) is 35.5 Å². The summed E-state index contributed by atoms with van der Waals surface area (Å²) in [5.74, 6) is 1.36. The van der Waals surface area contributed by atoms with E-state index in [9.17, 15) is 4.79 Å². The summed E-state index contributed by atoms with van der Waals surface area (Å²) in [5, 5.41) is 7.82. The molecular formula is C17H27N3O2. The fourth-order valence-electron chi connectivity index (χ4n) is 3.04. The number of amides is 1. The zero-order chi connectivity index (χ0) is 15.5. The van der Waals surface area contributed by atoms with E-state index in [0.29, 0.717) is 25.5 Å². The first-order valence-electron chi connectivity index (χ1n) is 8.55. The maximum absolute atomic E-state index is 11.7. The van der Waals surface area contributed by atoms with E-state index < -0.39 is 0 Å². The van der Waals surface area contributed by atoms with Gasteiger partial charge in [-0.25, -0.2) is 0 Å². The van der Waals surface area contributed by atoms with E-state index in [-0.39, 0.29) is 5.91 Å². The van der Waals surface area contributed by atoms with E-state index >= 15 is 0 Å². The minimum absolute atomic E-state index is 0.137. The molecule has 1 N–H and O–H groups in total. The maximum atomic E-state index is 11.7. The van der Waals surface area contributed by atoms with E-state index in [1.165, 1.54) is 24.1 Å². The van der Waals surface area contributed by atoms with Crippen LogP contribution in [-0.4, -0.2) is 28.8 Å². The zero-order valence-corrected chi connectivity index (χ0v) is 13.7. The third kappa shape index (κ3) is 3.88. The second kappa shape index (κ2) is 6.82. The van der Waals surface area contributed by atoms with Gasteiger partial charge in [-0.3, -0.25) is 9.48 Å². The smallest absolute Gasteiger partial charge is 0.220 e. The first-order valence-corrected chi connectivity index (χ1v) is 8.55. The van der Waals surface area contributed by atoms with Crippen LogP contribution in [0, 0.1) is 11.8 Å². The fourth-order valence-corrected chi connectivity index (χ4v) is 3.04. The van der Waals surface area contributed by atoms with E-state index in [0.717, 1.165) is 37.6 Å². The van der Waals surface area contributed by atoms with Gasteiger partial charge in [0.05, 0.1) is 18.9 Å². The molecule has 122 valence electrons. The van der Waals surface area contributed by atoms with Gasteiger partial charge in [0.2, 0.25) is 5.91 Å². The normalized spacial score (nSPS) is 17.6. The molecule has 2 heterocycles. The summed E-state index contributed by atoms with van der Waals surface area (Å²) in [6.07, 6.45) is 5.04. The van der Waals surface area contributed by atoms with Gasteiger partial charge < -0.3 is 10.1 Å². The van der Waals surface area contributed by atoms with Crippen molar-refractivity contribution in [3.63, 3.8) is 0 Å². The molecule has 1 aromatic rings. The predicted octanol–water partition coefficient (Wildman–Crippen LogP) is 2.07. The highest BCUT2D eigenvalue weighted by Gasteiger charge is 2.27. The first-order chi connectivity index (χ1) is 10.6. The van der Waals surface area contributed by atoms with E-state index in [4.69, 9.17) is 9.84 Å². The number of rotatable bonds is 7. The van der Waals surface area contributed by atoms with Crippen molar-refractivity contribution in [3.05, 3.63) is 17.0 Å². The van der Waals surface area contributed by atoms with Crippen LogP contribution in [0.25, 0.3) is 0 Å². The van der Waals surface area contributed by atoms with Crippen molar-refractivity contribution < 1.29 is 9.53 Å². The number of carbonyl (C=O) groups is 1. The zero-order valence-electron chi connectivity index (χ0n) is 13.7. The highest BCUT2D eigenvalue weighted by molar-refractivity contribution is 5.76. The summed E-state index contributed by atoms with van der Waals surface area (Å²) in [7, 11) is 0. The van der Waals surface area contributed by atoms with Crippen molar-refractivity contribution in [2.24, 2.45) is 11.8 Å². The standard InChI is InChI=1S/C17H27N3O2/c1-12(2)9-17(21)18-7-5-15-14-11-22-8-6-16(14)20(19-15)10-13-3-4-13/h12-13H,3-11H2,1-2H3,(H,18,21). The minimum Gasteiger partial charge on any atom is -0.376 e. The van der Waals surface area contributed by atoms with Gasteiger partial charge >= 0.3 is 0 Å². The maximum Gasteiger partial charge on any atom is 0.220 e. The molecule has 1 amide bonds. The number of ether oxygens (including phenoxy) is 1. The Labute approximate surface area is 132 Å². The van der Waals surface area contributed by atoms with Crippen LogP contribution in [0.5, 0.6) is 0 Å². The van der Waals surface area contributed by atoms with Gasteiger partial charge in [-0.05, 0) is 24.7 Å². The number of nitrogens with zero attached hydrogens (tertiary/aromatic N) is 2. The van der Waals surface area contributed by atoms with Gasteiger partial charge in [0.25, 0.3) is 0 Å². The van der Waals surface area contributed by atoms with Gasteiger partial charge in [-0.2, -0.15) is 5.10 Å². The molecule has 0 unspecified atom stereocenters. The molecule has 1 aromatic heterocycles. The average Bonchev–Trinajstić information content (AvgIpc) is 3.22. The lowest BCUT2D eigenvalue weighted by Gasteiger charge is -2.15. The van der Waals surface area contributed by atoms with Crippen molar-refractivity contribution in [3.8, 4) is 0 Å². The van der Waals surface area contributed by atoms with Crippen LogP contribution >= 0.6 is 0 Å². The van der Waals surface area contributed by atoms with Crippen molar-refractivity contribution in [1.29, 1.82) is 0 Å². The van der Waals surface area contributed by atoms with Crippen LogP contribution in [0.4, 0.5) is 0 Å². The SMILES string of the molecule is CC(C)CC(=O)NCCc1nn(CC2CC2)c2c1COCC2.